The average Bonchev–Trinajstić information content (AvgIpc) is 2.64. The third-order valence-electron chi connectivity index (χ3n) is 5.09. The molecule has 2 aromatic rings. The van der Waals surface area contributed by atoms with Gasteiger partial charge >= 0.3 is 0 Å². The van der Waals surface area contributed by atoms with E-state index in [0.717, 1.165) is 29.7 Å². The van der Waals surface area contributed by atoms with Crippen molar-refractivity contribution in [1.82, 2.24) is 10.6 Å². The second kappa shape index (κ2) is 7.24. The van der Waals surface area contributed by atoms with Crippen LogP contribution in [0, 0.1) is 17.6 Å². The first-order valence-electron chi connectivity index (χ1n) is 9.03. The van der Waals surface area contributed by atoms with E-state index in [-0.39, 0.29) is 17.7 Å². The Morgan fingerprint density at radius 1 is 1.00 bits per heavy atom. The molecule has 2 nitrogen and oxygen atoms in total. The minimum atomic E-state index is -0.318. The van der Waals surface area contributed by atoms with Crippen LogP contribution in [0.5, 0.6) is 0 Å². The molecule has 0 unspecified atom stereocenters. The Balaban J connectivity index is 1.84. The quantitative estimate of drug-likeness (QED) is 0.694. The van der Waals surface area contributed by atoms with Gasteiger partial charge in [0.25, 0.3) is 0 Å². The van der Waals surface area contributed by atoms with E-state index in [0.29, 0.717) is 22.2 Å². The Morgan fingerprint density at radius 2 is 1.70 bits per heavy atom. The van der Waals surface area contributed by atoms with Crippen LogP contribution in [0.1, 0.15) is 36.9 Å². The summed E-state index contributed by atoms with van der Waals surface area (Å²) in [4.78, 5) is 0. The van der Waals surface area contributed by atoms with Crippen LogP contribution in [0.25, 0.3) is 6.08 Å². The standard InChI is InChI=1S/C22H20F2N2S/c1-13-10-15(12-14-6-2-4-8-18(14)23)20-17(11-13)21(26-22(27)25-20)16-7-3-5-9-19(16)24/h2-9,12-13,21H,10-11H2,1H3,(H2,25,26,27)/b15-12+/t13-,21+/m1/s1. The average molecular weight is 382 g/mol. The normalized spacial score (nSPS) is 23.7. The topological polar surface area (TPSA) is 24.1 Å². The van der Waals surface area contributed by atoms with E-state index in [1.54, 1.807) is 24.3 Å². The summed E-state index contributed by atoms with van der Waals surface area (Å²) in [6, 6.07) is 13.1. The summed E-state index contributed by atoms with van der Waals surface area (Å²) < 4.78 is 28.6. The summed E-state index contributed by atoms with van der Waals surface area (Å²) in [6.07, 6.45) is 3.51. The number of hydrogen-bond donors (Lipinski definition) is 2. The van der Waals surface area contributed by atoms with Crippen molar-refractivity contribution >= 4 is 23.4 Å². The second-order valence-electron chi connectivity index (χ2n) is 7.16. The fourth-order valence-corrected chi connectivity index (χ4v) is 4.13. The van der Waals surface area contributed by atoms with Crippen molar-refractivity contribution in [1.29, 1.82) is 0 Å². The van der Waals surface area contributed by atoms with Crippen molar-refractivity contribution in [3.8, 4) is 0 Å². The summed E-state index contributed by atoms with van der Waals surface area (Å²) in [5, 5.41) is 6.90. The van der Waals surface area contributed by atoms with Gasteiger partial charge in [0.1, 0.15) is 11.6 Å². The molecule has 2 N–H and O–H groups in total. The van der Waals surface area contributed by atoms with E-state index in [4.69, 9.17) is 12.2 Å². The molecule has 0 saturated carbocycles. The van der Waals surface area contributed by atoms with Crippen LogP contribution >= 0.6 is 12.2 Å². The van der Waals surface area contributed by atoms with Crippen molar-refractivity contribution < 1.29 is 8.78 Å². The first-order chi connectivity index (χ1) is 13.0. The van der Waals surface area contributed by atoms with Crippen molar-refractivity contribution in [3.05, 3.63) is 88.1 Å². The van der Waals surface area contributed by atoms with E-state index in [1.165, 1.54) is 12.1 Å². The highest BCUT2D eigenvalue weighted by Crippen LogP contribution is 2.41. The lowest BCUT2D eigenvalue weighted by Crippen LogP contribution is -2.46. The van der Waals surface area contributed by atoms with Crippen LogP contribution < -0.4 is 10.6 Å². The zero-order chi connectivity index (χ0) is 19.0. The molecule has 1 aliphatic heterocycles. The summed E-state index contributed by atoms with van der Waals surface area (Å²) in [5.41, 5.74) is 4.08. The Bertz CT molecular complexity index is 964. The van der Waals surface area contributed by atoms with Crippen molar-refractivity contribution in [2.24, 2.45) is 5.92 Å². The minimum absolute atomic E-state index is 0.257. The molecule has 0 fully saturated rings. The van der Waals surface area contributed by atoms with Gasteiger partial charge in [-0.1, -0.05) is 43.3 Å². The monoisotopic (exact) mass is 382 g/mol. The summed E-state index contributed by atoms with van der Waals surface area (Å²) in [6.45, 7) is 2.16. The molecule has 0 aromatic heterocycles. The predicted molar refractivity (Wildman–Crippen MR) is 108 cm³/mol. The molecule has 138 valence electrons. The van der Waals surface area contributed by atoms with Gasteiger partial charge in [0.05, 0.1) is 6.04 Å². The van der Waals surface area contributed by atoms with Gasteiger partial charge in [-0.15, -0.1) is 0 Å². The number of thiocarbonyl (C=S) groups is 1. The van der Waals surface area contributed by atoms with Gasteiger partial charge in [0.15, 0.2) is 5.11 Å². The highest BCUT2D eigenvalue weighted by Gasteiger charge is 2.33. The molecule has 0 bridgehead atoms. The van der Waals surface area contributed by atoms with Crippen LogP contribution in [0.3, 0.4) is 0 Å². The maximum atomic E-state index is 14.5. The third-order valence-corrected chi connectivity index (χ3v) is 5.31. The first-order valence-corrected chi connectivity index (χ1v) is 9.44. The molecule has 1 aliphatic carbocycles. The van der Waals surface area contributed by atoms with Crippen molar-refractivity contribution in [3.63, 3.8) is 0 Å². The van der Waals surface area contributed by atoms with Gasteiger partial charge < -0.3 is 10.6 Å². The lowest BCUT2D eigenvalue weighted by atomic mass is 9.78. The van der Waals surface area contributed by atoms with E-state index in [1.807, 2.05) is 18.2 Å². The van der Waals surface area contributed by atoms with E-state index >= 15 is 0 Å². The minimum Gasteiger partial charge on any atom is -0.352 e. The molecule has 0 amide bonds. The molecule has 2 aliphatic rings. The van der Waals surface area contributed by atoms with Crippen molar-refractivity contribution in [2.75, 3.05) is 0 Å². The molecular formula is C22H20F2N2S. The van der Waals surface area contributed by atoms with Crippen LogP contribution in [0.2, 0.25) is 0 Å². The largest absolute Gasteiger partial charge is 0.352 e. The maximum Gasteiger partial charge on any atom is 0.171 e. The highest BCUT2D eigenvalue weighted by atomic mass is 32.1. The van der Waals surface area contributed by atoms with Crippen LogP contribution in [0.4, 0.5) is 8.78 Å². The number of allylic oxidation sites excluding steroid dienone is 1. The summed E-state index contributed by atoms with van der Waals surface area (Å²) in [7, 11) is 0. The van der Waals surface area contributed by atoms with Crippen molar-refractivity contribution in [2.45, 2.75) is 25.8 Å². The molecular weight excluding hydrogens is 362 g/mol. The predicted octanol–water partition coefficient (Wildman–Crippen LogP) is 5.25. The third kappa shape index (κ3) is 3.52. The second-order valence-corrected chi connectivity index (χ2v) is 7.57. The number of halogens is 2. The molecule has 0 radical (unpaired) electrons. The smallest absolute Gasteiger partial charge is 0.171 e. The van der Waals surface area contributed by atoms with Gasteiger partial charge in [0, 0.05) is 16.8 Å². The number of rotatable bonds is 2. The van der Waals surface area contributed by atoms with Crippen LogP contribution in [-0.2, 0) is 0 Å². The maximum absolute atomic E-state index is 14.5. The molecule has 0 saturated heterocycles. The van der Waals surface area contributed by atoms with Crippen LogP contribution in [0.15, 0.2) is 65.4 Å². The Kier molecular flexibility index (Phi) is 4.79. The van der Waals surface area contributed by atoms with Crippen LogP contribution in [-0.4, -0.2) is 5.11 Å². The van der Waals surface area contributed by atoms with E-state index in [9.17, 15) is 8.78 Å². The fraction of sp³-hybridized carbons (Fsp3) is 0.227. The van der Waals surface area contributed by atoms with Gasteiger partial charge in [-0.25, -0.2) is 8.78 Å². The molecule has 0 spiro atoms. The molecule has 5 heteroatoms. The molecule has 2 atom stereocenters. The summed E-state index contributed by atoms with van der Waals surface area (Å²) in [5.74, 6) is -0.150. The molecule has 4 rings (SSSR count). The Hall–Kier alpha value is -2.53. The fourth-order valence-electron chi connectivity index (χ4n) is 3.91. The van der Waals surface area contributed by atoms with Gasteiger partial charge in [-0.3, -0.25) is 0 Å². The van der Waals surface area contributed by atoms with E-state index < -0.39 is 0 Å². The zero-order valence-electron chi connectivity index (χ0n) is 14.9. The first kappa shape index (κ1) is 17.9. The molecule has 1 heterocycles. The Labute approximate surface area is 163 Å². The number of nitrogens with one attached hydrogen (secondary N) is 2. The zero-order valence-corrected chi connectivity index (χ0v) is 15.7. The summed E-state index contributed by atoms with van der Waals surface area (Å²) >= 11 is 5.39. The number of benzene rings is 2. The van der Waals surface area contributed by atoms with E-state index in [2.05, 4.69) is 17.6 Å². The lowest BCUT2D eigenvalue weighted by Gasteiger charge is -2.38. The molecule has 27 heavy (non-hydrogen) atoms. The van der Waals surface area contributed by atoms with Gasteiger partial charge in [0.2, 0.25) is 0 Å². The van der Waals surface area contributed by atoms with Gasteiger partial charge in [-0.05, 0) is 60.3 Å². The number of hydrogen-bond acceptors (Lipinski definition) is 1. The Morgan fingerprint density at radius 3 is 2.44 bits per heavy atom. The highest BCUT2D eigenvalue weighted by molar-refractivity contribution is 7.80. The molecule has 2 aromatic carbocycles. The van der Waals surface area contributed by atoms with Gasteiger partial charge in [-0.2, -0.15) is 0 Å². The SMILES string of the molecule is C[C@H]1CC2=C(NC(=S)N[C@H]2c2ccccc2F)/C(=C/c2ccccc2F)C1. The lowest BCUT2D eigenvalue weighted by molar-refractivity contribution is 0.489.